The van der Waals surface area contributed by atoms with Crippen LogP contribution in [0.2, 0.25) is 0 Å². The molecule has 0 saturated heterocycles. The number of benzene rings is 1. The van der Waals surface area contributed by atoms with E-state index in [0.29, 0.717) is 47.1 Å². The molecule has 1 aliphatic rings. The van der Waals surface area contributed by atoms with Gasteiger partial charge in [-0.05, 0) is 48.4 Å². The van der Waals surface area contributed by atoms with Crippen molar-refractivity contribution in [2.24, 2.45) is 5.41 Å². The van der Waals surface area contributed by atoms with E-state index < -0.39 is 6.04 Å². The van der Waals surface area contributed by atoms with Gasteiger partial charge in [0.15, 0.2) is 5.78 Å². The fourth-order valence-electron chi connectivity index (χ4n) is 4.33. The first-order chi connectivity index (χ1) is 15.1. The molecular formula is C25H32BrN3O3. The molecular weight excluding hydrogens is 470 g/mol. The van der Waals surface area contributed by atoms with Gasteiger partial charge in [-0.2, -0.15) is 0 Å². The average Bonchev–Trinajstić information content (AvgIpc) is 3.06. The Labute approximate surface area is 198 Å². The second-order valence-corrected chi connectivity index (χ2v) is 9.97. The van der Waals surface area contributed by atoms with Gasteiger partial charge in [0.05, 0.1) is 0 Å². The number of alkyl halides is 1. The van der Waals surface area contributed by atoms with Crippen LogP contribution >= 0.6 is 15.9 Å². The number of aromatic nitrogens is 1. The van der Waals surface area contributed by atoms with E-state index in [2.05, 4.69) is 45.4 Å². The topological polar surface area (TPSA) is 91.1 Å². The third-order valence-electron chi connectivity index (χ3n) is 5.94. The first kappa shape index (κ1) is 24.2. The van der Waals surface area contributed by atoms with Crippen molar-refractivity contribution in [3.05, 3.63) is 52.3 Å². The molecule has 3 rings (SSSR count). The van der Waals surface area contributed by atoms with Gasteiger partial charge in [0.1, 0.15) is 11.7 Å². The highest BCUT2D eigenvalue weighted by molar-refractivity contribution is 9.08. The number of amides is 2. The zero-order valence-electron chi connectivity index (χ0n) is 19.2. The van der Waals surface area contributed by atoms with Crippen molar-refractivity contribution in [3.8, 4) is 0 Å². The Morgan fingerprint density at radius 2 is 2.00 bits per heavy atom. The van der Waals surface area contributed by atoms with E-state index in [4.69, 9.17) is 0 Å². The number of unbranched alkanes of at least 4 members (excludes halogenated alkanes) is 1. The fraction of sp³-hybridized carbons (Fsp3) is 0.480. The Kier molecular flexibility index (Phi) is 7.59. The Balaban J connectivity index is 1.79. The van der Waals surface area contributed by atoms with Gasteiger partial charge in [-0.15, -0.1) is 0 Å². The maximum Gasteiger partial charge on any atom is 0.268 e. The van der Waals surface area contributed by atoms with Crippen LogP contribution in [0, 0.1) is 12.3 Å². The van der Waals surface area contributed by atoms with Crippen LogP contribution in [0.5, 0.6) is 0 Å². The van der Waals surface area contributed by atoms with Gasteiger partial charge in [0.2, 0.25) is 5.91 Å². The smallest absolute Gasteiger partial charge is 0.268 e. The lowest BCUT2D eigenvalue weighted by atomic mass is 9.75. The Bertz CT molecular complexity index is 1030. The van der Waals surface area contributed by atoms with E-state index in [1.807, 2.05) is 31.2 Å². The number of hydrogen-bond acceptors (Lipinski definition) is 3. The highest BCUT2D eigenvalue weighted by Crippen LogP contribution is 2.36. The molecule has 0 spiro atoms. The van der Waals surface area contributed by atoms with Gasteiger partial charge in [0, 0.05) is 28.7 Å². The Morgan fingerprint density at radius 1 is 1.25 bits per heavy atom. The van der Waals surface area contributed by atoms with Crippen LogP contribution in [-0.2, 0) is 16.5 Å². The van der Waals surface area contributed by atoms with Gasteiger partial charge in [-0.1, -0.05) is 61.7 Å². The first-order valence-electron chi connectivity index (χ1n) is 11.2. The predicted molar refractivity (Wildman–Crippen MR) is 130 cm³/mol. The van der Waals surface area contributed by atoms with Crippen molar-refractivity contribution in [3.63, 3.8) is 0 Å². The fourth-order valence-corrected chi connectivity index (χ4v) is 4.68. The van der Waals surface area contributed by atoms with Crippen LogP contribution in [0.15, 0.2) is 24.3 Å². The number of hydrogen-bond donors (Lipinski definition) is 3. The molecule has 1 heterocycles. The number of Topliss-reactive ketones (excluding diaryl/α,β-unsaturated/α-hetero) is 1. The van der Waals surface area contributed by atoms with Crippen LogP contribution in [0.3, 0.4) is 0 Å². The van der Waals surface area contributed by atoms with Crippen LogP contribution < -0.4 is 10.6 Å². The van der Waals surface area contributed by atoms with Gasteiger partial charge >= 0.3 is 0 Å². The first-order valence-corrected chi connectivity index (χ1v) is 12.3. The molecule has 0 saturated carbocycles. The Hall–Kier alpha value is -2.41. The van der Waals surface area contributed by atoms with Crippen molar-refractivity contribution in [1.29, 1.82) is 0 Å². The summed E-state index contributed by atoms with van der Waals surface area (Å²) in [6.07, 6.45) is 3.45. The van der Waals surface area contributed by atoms with Gasteiger partial charge in [0.25, 0.3) is 5.91 Å². The summed E-state index contributed by atoms with van der Waals surface area (Å²) in [4.78, 5) is 42.0. The molecule has 7 heteroatoms. The molecule has 1 unspecified atom stereocenters. The van der Waals surface area contributed by atoms with Crippen molar-refractivity contribution in [1.82, 2.24) is 10.3 Å². The second kappa shape index (κ2) is 10.0. The molecule has 3 N–H and O–H groups in total. The molecule has 2 aromatic rings. The monoisotopic (exact) mass is 501 g/mol. The molecule has 2 amide bonds. The van der Waals surface area contributed by atoms with Crippen LogP contribution in [0.25, 0.3) is 0 Å². The molecule has 0 radical (unpaired) electrons. The summed E-state index contributed by atoms with van der Waals surface area (Å²) in [5, 5.41) is 6.52. The highest BCUT2D eigenvalue weighted by atomic mass is 79.9. The molecule has 1 aromatic heterocycles. The lowest BCUT2D eigenvalue weighted by molar-refractivity contribution is -0.118. The maximum absolute atomic E-state index is 13.1. The standard InChI is InChI=1S/C25H32BrN3O3/c1-5-6-10-18(23(31)27-17-9-7-8-16(11-17)14-26)29-24(32)22-15(2)21-19(28-22)12-25(3,4)13-20(21)30/h7-9,11,18,28H,5-6,10,12-14H2,1-4H3,(H,27,31)(H,29,32). The summed E-state index contributed by atoms with van der Waals surface area (Å²) in [6, 6.07) is 6.93. The summed E-state index contributed by atoms with van der Waals surface area (Å²) < 4.78 is 0. The number of carbonyl (C=O) groups excluding carboxylic acids is 3. The number of ketones is 1. The minimum absolute atomic E-state index is 0.0657. The lowest BCUT2D eigenvalue weighted by Crippen LogP contribution is -2.44. The number of aromatic amines is 1. The van der Waals surface area contributed by atoms with Gasteiger partial charge in [-0.3, -0.25) is 14.4 Å². The summed E-state index contributed by atoms with van der Waals surface area (Å²) in [7, 11) is 0. The van der Waals surface area contributed by atoms with Crippen LogP contribution in [0.4, 0.5) is 5.69 Å². The number of halogens is 1. The van der Waals surface area contributed by atoms with E-state index in [1.165, 1.54) is 0 Å². The van der Waals surface area contributed by atoms with Crippen LogP contribution in [0.1, 0.15) is 84.1 Å². The molecule has 0 fully saturated rings. The molecule has 6 nitrogen and oxygen atoms in total. The number of rotatable bonds is 8. The highest BCUT2D eigenvalue weighted by Gasteiger charge is 2.35. The summed E-state index contributed by atoms with van der Waals surface area (Å²) in [5.74, 6) is -0.534. The molecule has 1 aromatic carbocycles. The van der Waals surface area contributed by atoms with Gasteiger partial charge < -0.3 is 15.6 Å². The number of fused-ring (bicyclic) bond motifs is 1. The summed E-state index contributed by atoms with van der Waals surface area (Å²) in [5.41, 5.74) is 4.10. The molecule has 0 aliphatic heterocycles. The molecule has 0 bridgehead atoms. The average molecular weight is 502 g/mol. The van der Waals surface area contributed by atoms with E-state index in [9.17, 15) is 14.4 Å². The van der Waals surface area contributed by atoms with E-state index in [-0.39, 0.29) is 23.0 Å². The minimum Gasteiger partial charge on any atom is -0.354 e. The third kappa shape index (κ3) is 5.49. The minimum atomic E-state index is -0.665. The second-order valence-electron chi connectivity index (χ2n) is 9.41. The van der Waals surface area contributed by atoms with Crippen molar-refractivity contribution < 1.29 is 14.4 Å². The number of H-pyrrole nitrogens is 1. The quantitative estimate of drug-likeness (QED) is 0.428. The van der Waals surface area contributed by atoms with Crippen molar-refractivity contribution in [2.75, 3.05) is 5.32 Å². The largest absolute Gasteiger partial charge is 0.354 e. The maximum atomic E-state index is 13.1. The zero-order chi connectivity index (χ0) is 23.5. The van der Waals surface area contributed by atoms with E-state index >= 15 is 0 Å². The number of carbonyl (C=O) groups is 3. The van der Waals surface area contributed by atoms with E-state index in [0.717, 1.165) is 24.1 Å². The van der Waals surface area contributed by atoms with Crippen molar-refractivity contribution >= 4 is 39.2 Å². The summed E-state index contributed by atoms with van der Waals surface area (Å²) in [6.45, 7) is 7.96. The summed E-state index contributed by atoms with van der Waals surface area (Å²) >= 11 is 3.42. The normalized spacial score (nSPS) is 15.7. The third-order valence-corrected chi connectivity index (χ3v) is 6.59. The number of nitrogens with one attached hydrogen (secondary N) is 3. The van der Waals surface area contributed by atoms with Crippen LogP contribution in [-0.4, -0.2) is 28.6 Å². The Morgan fingerprint density at radius 3 is 2.69 bits per heavy atom. The molecule has 172 valence electrons. The van der Waals surface area contributed by atoms with Gasteiger partial charge in [-0.25, -0.2) is 0 Å². The van der Waals surface area contributed by atoms with E-state index in [1.54, 1.807) is 6.92 Å². The predicted octanol–water partition coefficient (Wildman–Crippen LogP) is 5.30. The van der Waals surface area contributed by atoms with Crippen molar-refractivity contribution in [2.45, 2.75) is 71.2 Å². The number of anilines is 1. The molecule has 32 heavy (non-hydrogen) atoms. The molecule has 1 atom stereocenters. The lowest BCUT2D eigenvalue weighted by Gasteiger charge is -2.28. The zero-order valence-corrected chi connectivity index (χ0v) is 20.8. The SMILES string of the molecule is CCCCC(NC(=O)c1[nH]c2c(c1C)C(=O)CC(C)(C)C2)C(=O)Nc1cccc(CBr)c1. The molecule has 1 aliphatic carbocycles.